The summed E-state index contributed by atoms with van der Waals surface area (Å²) in [6.07, 6.45) is 0.395. The maximum absolute atomic E-state index is 11.9. The molecule has 0 bridgehead atoms. The Morgan fingerprint density at radius 1 is 1.20 bits per heavy atom. The van der Waals surface area contributed by atoms with Gasteiger partial charge in [-0.05, 0) is 18.2 Å². The molecular formula is C15H13N3O2. The Morgan fingerprint density at radius 2 is 1.95 bits per heavy atom. The lowest BCUT2D eigenvalue weighted by Gasteiger charge is -2.06. The monoisotopic (exact) mass is 267 g/mol. The first-order chi connectivity index (χ1) is 9.69. The molecule has 1 aromatic carbocycles. The van der Waals surface area contributed by atoms with Crippen molar-refractivity contribution in [3.8, 4) is 0 Å². The van der Waals surface area contributed by atoms with Crippen molar-refractivity contribution in [3.05, 3.63) is 46.8 Å². The van der Waals surface area contributed by atoms with Crippen molar-refractivity contribution in [2.24, 2.45) is 0 Å². The number of pyridine rings is 2. The number of nitrogens with zero attached hydrogens (tertiary/aromatic N) is 1. The van der Waals surface area contributed by atoms with E-state index in [1.54, 1.807) is 25.1 Å². The molecule has 0 aliphatic rings. The average Bonchev–Trinajstić information content (AvgIpc) is 2.48. The molecule has 5 heteroatoms. The smallest absolute Gasteiger partial charge is 0.256 e. The predicted octanol–water partition coefficient (Wildman–Crippen LogP) is 2.42. The molecule has 0 radical (unpaired) electrons. The Balaban J connectivity index is 2.27. The SMILES string of the molecule is CCC(=O)Nc1ccc2[nH]c(=O)c3ccccc3c2n1. The molecule has 0 fully saturated rings. The fraction of sp³-hybridized carbons (Fsp3) is 0.133. The number of rotatable bonds is 2. The van der Waals surface area contributed by atoms with Gasteiger partial charge in [0.05, 0.1) is 11.0 Å². The van der Waals surface area contributed by atoms with Gasteiger partial charge in [-0.3, -0.25) is 9.59 Å². The van der Waals surface area contributed by atoms with Crippen molar-refractivity contribution >= 4 is 33.5 Å². The van der Waals surface area contributed by atoms with E-state index in [0.717, 1.165) is 5.39 Å². The summed E-state index contributed by atoms with van der Waals surface area (Å²) < 4.78 is 0. The van der Waals surface area contributed by atoms with Crippen LogP contribution in [0.3, 0.4) is 0 Å². The fourth-order valence-electron chi connectivity index (χ4n) is 2.14. The second-order valence-corrected chi connectivity index (χ2v) is 4.49. The molecule has 2 aromatic heterocycles. The van der Waals surface area contributed by atoms with Crippen LogP contribution in [0.2, 0.25) is 0 Å². The van der Waals surface area contributed by atoms with Crippen molar-refractivity contribution in [2.75, 3.05) is 5.32 Å². The molecule has 20 heavy (non-hydrogen) atoms. The number of anilines is 1. The van der Waals surface area contributed by atoms with Gasteiger partial charge in [0.1, 0.15) is 5.82 Å². The Hall–Kier alpha value is -2.69. The van der Waals surface area contributed by atoms with E-state index in [-0.39, 0.29) is 11.5 Å². The molecule has 0 atom stereocenters. The van der Waals surface area contributed by atoms with Crippen molar-refractivity contribution in [2.45, 2.75) is 13.3 Å². The minimum Gasteiger partial charge on any atom is -0.320 e. The van der Waals surface area contributed by atoms with Crippen LogP contribution in [0.4, 0.5) is 5.82 Å². The van der Waals surface area contributed by atoms with Crippen LogP contribution in [0.15, 0.2) is 41.2 Å². The summed E-state index contributed by atoms with van der Waals surface area (Å²) in [5, 5.41) is 4.09. The molecule has 2 N–H and O–H groups in total. The van der Waals surface area contributed by atoms with Gasteiger partial charge in [0, 0.05) is 17.2 Å². The molecule has 2 heterocycles. The maximum atomic E-state index is 11.9. The average molecular weight is 267 g/mol. The molecule has 0 unspecified atom stereocenters. The third-order valence-corrected chi connectivity index (χ3v) is 3.16. The zero-order valence-corrected chi connectivity index (χ0v) is 10.9. The van der Waals surface area contributed by atoms with Gasteiger partial charge < -0.3 is 10.3 Å². The molecule has 3 rings (SSSR count). The van der Waals surface area contributed by atoms with Crippen molar-refractivity contribution in [1.82, 2.24) is 9.97 Å². The van der Waals surface area contributed by atoms with E-state index in [9.17, 15) is 9.59 Å². The van der Waals surface area contributed by atoms with E-state index >= 15 is 0 Å². The van der Waals surface area contributed by atoms with Crippen LogP contribution in [-0.4, -0.2) is 15.9 Å². The van der Waals surface area contributed by atoms with Crippen LogP contribution < -0.4 is 10.9 Å². The number of carbonyl (C=O) groups is 1. The molecule has 1 amide bonds. The van der Waals surface area contributed by atoms with E-state index in [0.29, 0.717) is 28.7 Å². The normalized spacial score (nSPS) is 10.8. The summed E-state index contributed by atoms with van der Waals surface area (Å²) in [4.78, 5) is 30.6. The summed E-state index contributed by atoms with van der Waals surface area (Å²) in [5.41, 5.74) is 1.19. The van der Waals surface area contributed by atoms with E-state index in [2.05, 4.69) is 15.3 Å². The summed E-state index contributed by atoms with van der Waals surface area (Å²) in [7, 11) is 0. The highest BCUT2D eigenvalue weighted by molar-refractivity contribution is 6.03. The van der Waals surface area contributed by atoms with Gasteiger partial charge in [-0.25, -0.2) is 4.98 Å². The summed E-state index contributed by atoms with van der Waals surface area (Å²) >= 11 is 0. The molecule has 0 aliphatic carbocycles. The van der Waals surface area contributed by atoms with Gasteiger partial charge in [-0.1, -0.05) is 25.1 Å². The number of amides is 1. The number of hydrogen-bond donors (Lipinski definition) is 2. The van der Waals surface area contributed by atoms with Crippen LogP contribution in [0.1, 0.15) is 13.3 Å². The first kappa shape index (κ1) is 12.3. The lowest BCUT2D eigenvalue weighted by atomic mass is 10.1. The van der Waals surface area contributed by atoms with Gasteiger partial charge in [0.2, 0.25) is 5.91 Å². The van der Waals surface area contributed by atoms with Crippen molar-refractivity contribution < 1.29 is 4.79 Å². The quantitative estimate of drug-likeness (QED) is 0.700. The Morgan fingerprint density at radius 3 is 2.70 bits per heavy atom. The standard InChI is InChI=1S/C15H13N3O2/c1-2-13(19)17-12-8-7-11-14(18-12)9-5-3-4-6-10(9)15(20)16-11/h3-8H,2H2,1H3,(H,16,20)(H,17,18,19). The molecule has 3 aromatic rings. The van der Waals surface area contributed by atoms with Crippen molar-refractivity contribution in [3.63, 3.8) is 0 Å². The zero-order chi connectivity index (χ0) is 14.1. The molecule has 100 valence electrons. The van der Waals surface area contributed by atoms with E-state index in [1.165, 1.54) is 0 Å². The Bertz CT molecular complexity index is 868. The largest absolute Gasteiger partial charge is 0.320 e. The zero-order valence-electron chi connectivity index (χ0n) is 10.9. The van der Waals surface area contributed by atoms with Gasteiger partial charge in [0.25, 0.3) is 5.56 Å². The lowest BCUT2D eigenvalue weighted by Crippen LogP contribution is -2.12. The topological polar surface area (TPSA) is 74.8 Å². The predicted molar refractivity (Wildman–Crippen MR) is 78.8 cm³/mol. The molecular weight excluding hydrogens is 254 g/mol. The number of nitrogens with one attached hydrogen (secondary N) is 2. The summed E-state index contributed by atoms with van der Waals surface area (Å²) in [6, 6.07) is 10.7. The third-order valence-electron chi connectivity index (χ3n) is 3.16. The van der Waals surface area contributed by atoms with Gasteiger partial charge in [0.15, 0.2) is 0 Å². The van der Waals surface area contributed by atoms with Crippen LogP contribution >= 0.6 is 0 Å². The van der Waals surface area contributed by atoms with Gasteiger partial charge in [-0.15, -0.1) is 0 Å². The Kier molecular flexibility index (Phi) is 2.95. The van der Waals surface area contributed by atoms with Crippen molar-refractivity contribution in [1.29, 1.82) is 0 Å². The number of benzene rings is 1. The number of fused-ring (bicyclic) bond motifs is 3. The van der Waals surface area contributed by atoms with E-state index in [1.807, 2.05) is 18.2 Å². The van der Waals surface area contributed by atoms with Crippen LogP contribution in [0, 0.1) is 0 Å². The number of aromatic amines is 1. The minimum absolute atomic E-state index is 0.0921. The summed E-state index contributed by atoms with van der Waals surface area (Å²) in [6.45, 7) is 1.78. The number of H-pyrrole nitrogens is 1. The fourth-order valence-corrected chi connectivity index (χ4v) is 2.14. The lowest BCUT2D eigenvalue weighted by molar-refractivity contribution is -0.115. The third kappa shape index (κ3) is 2.03. The number of carbonyl (C=O) groups excluding carboxylic acids is 1. The molecule has 5 nitrogen and oxygen atoms in total. The minimum atomic E-state index is -0.139. The highest BCUT2D eigenvalue weighted by Gasteiger charge is 2.07. The number of aromatic nitrogens is 2. The Labute approximate surface area is 114 Å². The maximum Gasteiger partial charge on any atom is 0.256 e. The number of hydrogen-bond acceptors (Lipinski definition) is 3. The van der Waals surface area contributed by atoms with E-state index in [4.69, 9.17) is 0 Å². The second kappa shape index (κ2) is 4.77. The van der Waals surface area contributed by atoms with E-state index < -0.39 is 0 Å². The molecule has 0 saturated carbocycles. The first-order valence-electron chi connectivity index (χ1n) is 6.40. The molecule has 0 aliphatic heterocycles. The first-order valence-corrected chi connectivity index (χ1v) is 6.40. The van der Waals surface area contributed by atoms with Crippen LogP contribution in [0.5, 0.6) is 0 Å². The highest BCUT2D eigenvalue weighted by atomic mass is 16.1. The van der Waals surface area contributed by atoms with Crippen LogP contribution in [0.25, 0.3) is 21.8 Å². The molecule has 0 saturated heterocycles. The van der Waals surface area contributed by atoms with Crippen LogP contribution in [-0.2, 0) is 4.79 Å². The van der Waals surface area contributed by atoms with Gasteiger partial charge >= 0.3 is 0 Å². The molecule has 0 spiro atoms. The summed E-state index contributed by atoms with van der Waals surface area (Å²) in [5.74, 6) is 0.395. The second-order valence-electron chi connectivity index (χ2n) is 4.49. The van der Waals surface area contributed by atoms with Gasteiger partial charge in [-0.2, -0.15) is 0 Å². The highest BCUT2D eigenvalue weighted by Crippen LogP contribution is 2.20.